The van der Waals surface area contributed by atoms with Gasteiger partial charge in [-0.1, -0.05) is 366 Å². The van der Waals surface area contributed by atoms with Gasteiger partial charge in [0.05, 0.1) is 25.4 Å². The van der Waals surface area contributed by atoms with Gasteiger partial charge in [-0.05, 0) is 57.8 Å². The standard InChI is InChI=1S/C74H143NO5/c1-3-5-7-9-11-13-15-17-18-19-37-40-43-46-50-54-58-62-66-72(77)71(70-76)75-73(78)67-63-59-55-51-47-44-41-38-35-33-31-29-27-25-23-21-20-22-24-26-28-30-32-34-36-39-42-45-49-53-57-61-65-69-80-74(79)68-64-60-56-52-48-16-14-12-10-8-6-4-2/h12,14,62,66,71-72,76-77H,3-11,13,15-61,63-65,67-70H2,1-2H3,(H,75,78)/b14-12-,66-62+. The van der Waals surface area contributed by atoms with Crippen molar-refractivity contribution in [2.45, 2.75) is 424 Å². The van der Waals surface area contributed by atoms with Gasteiger partial charge in [0.2, 0.25) is 5.91 Å². The highest BCUT2D eigenvalue weighted by Gasteiger charge is 2.18. The first-order valence-electron chi connectivity index (χ1n) is 36.6. The molecule has 0 rings (SSSR count). The van der Waals surface area contributed by atoms with Gasteiger partial charge >= 0.3 is 5.97 Å². The van der Waals surface area contributed by atoms with Crippen LogP contribution in [0.5, 0.6) is 0 Å². The van der Waals surface area contributed by atoms with Crippen molar-refractivity contribution in [1.29, 1.82) is 0 Å². The molecule has 0 aliphatic carbocycles. The molecule has 6 heteroatoms. The molecule has 0 saturated heterocycles. The van der Waals surface area contributed by atoms with E-state index in [0.29, 0.717) is 19.4 Å². The second-order valence-electron chi connectivity index (χ2n) is 25.3. The Hall–Kier alpha value is -1.66. The van der Waals surface area contributed by atoms with Gasteiger partial charge in [0.15, 0.2) is 0 Å². The van der Waals surface area contributed by atoms with E-state index >= 15 is 0 Å². The molecule has 0 saturated carbocycles. The monoisotopic (exact) mass is 1130 g/mol. The van der Waals surface area contributed by atoms with Crippen molar-refractivity contribution < 1.29 is 24.5 Å². The van der Waals surface area contributed by atoms with E-state index in [-0.39, 0.29) is 18.5 Å². The van der Waals surface area contributed by atoms with Crippen molar-refractivity contribution in [2.75, 3.05) is 13.2 Å². The van der Waals surface area contributed by atoms with Crippen LogP contribution in [0.3, 0.4) is 0 Å². The van der Waals surface area contributed by atoms with E-state index in [2.05, 4.69) is 31.3 Å². The molecule has 0 heterocycles. The molecule has 0 fully saturated rings. The second kappa shape index (κ2) is 69.8. The third kappa shape index (κ3) is 65.5. The summed E-state index contributed by atoms with van der Waals surface area (Å²) >= 11 is 0. The molecule has 0 aliphatic heterocycles. The fraction of sp³-hybridized carbons (Fsp3) is 0.919. The average Bonchev–Trinajstić information content (AvgIpc) is 3.46. The molecule has 474 valence electrons. The van der Waals surface area contributed by atoms with Crippen molar-refractivity contribution in [3.05, 3.63) is 24.3 Å². The van der Waals surface area contributed by atoms with Crippen LogP contribution in [0.4, 0.5) is 0 Å². The molecule has 6 nitrogen and oxygen atoms in total. The Kier molecular flexibility index (Phi) is 68.4. The number of esters is 1. The maximum atomic E-state index is 12.5. The minimum atomic E-state index is -0.841. The van der Waals surface area contributed by atoms with Crippen LogP contribution in [0.1, 0.15) is 412 Å². The number of hydrogen-bond donors (Lipinski definition) is 3. The van der Waals surface area contributed by atoms with Crippen LogP contribution in [-0.4, -0.2) is 47.4 Å². The van der Waals surface area contributed by atoms with E-state index in [9.17, 15) is 19.8 Å². The average molecular weight is 1130 g/mol. The minimum absolute atomic E-state index is 0.0119. The summed E-state index contributed by atoms with van der Waals surface area (Å²) in [7, 11) is 0. The van der Waals surface area contributed by atoms with E-state index in [0.717, 1.165) is 44.9 Å². The highest BCUT2D eigenvalue weighted by molar-refractivity contribution is 5.76. The number of aliphatic hydroxyl groups is 2. The number of nitrogens with one attached hydrogen (secondary N) is 1. The smallest absolute Gasteiger partial charge is 0.305 e. The molecule has 0 radical (unpaired) electrons. The van der Waals surface area contributed by atoms with Gasteiger partial charge in [0, 0.05) is 12.8 Å². The van der Waals surface area contributed by atoms with Gasteiger partial charge in [-0.25, -0.2) is 0 Å². The molecular formula is C74H143NO5. The third-order valence-corrected chi connectivity index (χ3v) is 17.2. The molecule has 0 aromatic heterocycles. The number of rotatable bonds is 69. The molecule has 2 unspecified atom stereocenters. The third-order valence-electron chi connectivity index (χ3n) is 17.2. The Bertz CT molecular complexity index is 1250. The van der Waals surface area contributed by atoms with Crippen LogP contribution in [-0.2, 0) is 14.3 Å². The van der Waals surface area contributed by atoms with E-state index < -0.39 is 12.1 Å². The number of amides is 1. The molecular weight excluding hydrogens is 983 g/mol. The van der Waals surface area contributed by atoms with Gasteiger partial charge in [-0.15, -0.1) is 0 Å². The van der Waals surface area contributed by atoms with Gasteiger partial charge in [0.25, 0.3) is 0 Å². The highest BCUT2D eigenvalue weighted by atomic mass is 16.5. The Morgan fingerprint density at radius 3 is 0.912 bits per heavy atom. The first-order valence-corrected chi connectivity index (χ1v) is 36.6. The molecule has 0 aliphatic rings. The zero-order chi connectivity index (χ0) is 57.8. The summed E-state index contributed by atoms with van der Waals surface area (Å²) in [6, 6.07) is -0.624. The summed E-state index contributed by atoms with van der Waals surface area (Å²) in [5.74, 6) is -0.0476. The molecule has 3 N–H and O–H groups in total. The number of unbranched alkanes of at least 4 members (excludes halogenated alkanes) is 56. The Morgan fingerprint density at radius 1 is 0.338 bits per heavy atom. The Morgan fingerprint density at radius 2 is 0.588 bits per heavy atom. The first-order chi connectivity index (χ1) is 39.5. The lowest BCUT2D eigenvalue weighted by atomic mass is 10.0. The molecule has 0 aromatic rings. The van der Waals surface area contributed by atoms with Crippen LogP contribution < -0.4 is 5.32 Å². The largest absolute Gasteiger partial charge is 0.466 e. The maximum Gasteiger partial charge on any atom is 0.305 e. The fourth-order valence-corrected chi connectivity index (χ4v) is 11.6. The zero-order valence-corrected chi connectivity index (χ0v) is 54.3. The maximum absolute atomic E-state index is 12.5. The van der Waals surface area contributed by atoms with Gasteiger partial charge in [0.1, 0.15) is 0 Å². The quantitative estimate of drug-likeness (QED) is 0.0320. The number of carbonyl (C=O) groups is 2. The van der Waals surface area contributed by atoms with Crippen LogP contribution >= 0.6 is 0 Å². The SMILES string of the molecule is CCCCC/C=C\CCCCCCCC(=O)OCCCCCCCCCCCCCCCCCCCCCCCCCCCCCCCCCCCC(=O)NC(CO)C(O)/C=C/CCCCCCCCCCCCCCCCCC. The van der Waals surface area contributed by atoms with Crippen LogP contribution in [0.15, 0.2) is 24.3 Å². The second-order valence-corrected chi connectivity index (χ2v) is 25.3. The Labute approximate surface area is 501 Å². The summed E-state index contributed by atoms with van der Waals surface area (Å²) < 4.78 is 5.48. The van der Waals surface area contributed by atoms with Crippen LogP contribution in [0, 0.1) is 0 Å². The van der Waals surface area contributed by atoms with Crippen molar-refractivity contribution in [3.63, 3.8) is 0 Å². The summed E-state index contributed by atoms with van der Waals surface area (Å²) in [4.78, 5) is 24.5. The zero-order valence-electron chi connectivity index (χ0n) is 54.3. The molecule has 1 amide bonds. The number of aliphatic hydroxyl groups excluding tert-OH is 2. The highest BCUT2D eigenvalue weighted by Crippen LogP contribution is 2.19. The van der Waals surface area contributed by atoms with Crippen LogP contribution in [0.25, 0.3) is 0 Å². The summed E-state index contributed by atoms with van der Waals surface area (Å²) in [5.41, 5.74) is 0. The van der Waals surface area contributed by atoms with Crippen molar-refractivity contribution >= 4 is 11.9 Å². The topological polar surface area (TPSA) is 95.9 Å². The molecule has 80 heavy (non-hydrogen) atoms. The number of ether oxygens (including phenoxy) is 1. The lowest BCUT2D eigenvalue weighted by molar-refractivity contribution is -0.143. The number of carbonyl (C=O) groups excluding carboxylic acids is 2. The summed E-state index contributed by atoms with van der Waals surface area (Å²) in [6.45, 7) is 4.92. The van der Waals surface area contributed by atoms with Crippen molar-refractivity contribution in [3.8, 4) is 0 Å². The first kappa shape index (κ1) is 78.3. The Balaban J connectivity index is 3.34. The molecule has 0 bridgehead atoms. The lowest BCUT2D eigenvalue weighted by Crippen LogP contribution is -2.45. The van der Waals surface area contributed by atoms with Crippen molar-refractivity contribution in [2.24, 2.45) is 0 Å². The minimum Gasteiger partial charge on any atom is -0.466 e. The normalized spacial score (nSPS) is 12.6. The van der Waals surface area contributed by atoms with Gasteiger partial charge in [-0.2, -0.15) is 0 Å². The van der Waals surface area contributed by atoms with E-state index in [1.54, 1.807) is 6.08 Å². The van der Waals surface area contributed by atoms with E-state index in [1.807, 2.05) is 6.08 Å². The summed E-state index contributed by atoms with van der Waals surface area (Å²) in [6.07, 6.45) is 88.5. The van der Waals surface area contributed by atoms with Gasteiger partial charge < -0.3 is 20.3 Å². The van der Waals surface area contributed by atoms with E-state index in [4.69, 9.17) is 4.74 Å². The van der Waals surface area contributed by atoms with Crippen LogP contribution in [0.2, 0.25) is 0 Å². The predicted octanol–water partition coefficient (Wildman–Crippen LogP) is 23.7. The van der Waals surface area contributed by atoms with Gasteiger partial charge in [-0.3, -0.25) is 9.59 Å². The summed E-state index contributed by atoms with van der Waals surface area (Å²) in [5, 5.41) is 23.2. The molecule has 2 atom stereocenters. The molecule has 0 aromatic carbocycles. The fourth-order valence-electron chi connectivity index (χ4n) is 11.6. The predicted molar refractivity (Wildman–Crippen MR) is 352 cm³/mol. The van der Waals surface area contributed by atoms with E-state index in [1.165, 1.54) is 340 Å². The molecule has 0 spiro atoms. The number of hydrogen-bond acceptors (Lipinski definition) is 5. The number of allylic oxidation sites excluding steroid dienone is 3. The lowest BCUT2D eigenvalue weighted by Gasteiger charge is -2.20. The van der Waals surface area contributed by atoms with Crippen molar-refractivity contribution in [1.82, 2.24) is 5.32 Å².